The normalized spacial score (nSPS) is 9.82. The number of esters is 1. The molecule has 0 aliphatic rings. The third-order valence-electron chi connectivity index (χ3n) is 2.02. The van der Waals surface area contributed by atoms with E-state index >= 15 is 0 Å². The zero-order chi connectivity index (χ0) is 13.0. The second kappa shape index (κ2) is 5.67. The molecule has 0 radical (unpaired) electrons. The zero-order valence-electron chi connectivity index (χ0n) is 9.62. The van der Waals surface area contributed by atoms with Crippen molar-refractivity contribution < 1.29 is 14.3 Å². The van der Waals surface area contributed by atoms with Gasteiger partial charge in [0.1, 0.15) is 21.7 Å². The van der Waals surface area contributed by atoms with Crippen LogP contribution in [0.3, 0.4) is 0 Å². The van der Waals surface area contributed by atoms with E-state index in [4.69, 9.17) is 10.5 Å². The molecule has 1 heterocycles. The molecule has 2 N–H and O–H groups in total. The van der Waals surface area contributed by atoms with Gasteiger partial charge in [0.05, 0.1) is 13.7 Å². The number of halogens is 1. The van der Waals surface area contributed by atoms with Gasteiger partial charge in [0, 0.05) is 5.56 Å². The molecule has 0 spiro atoms. The Morgan fingerprint density at radius 2 is 2.29 bits per heavy atom. The molecule has 0 saturated heterocycles. The number of ether oxygens (including phenoxy) is 2. The van der Waals surface area contributed by atoms with Crippen LogP contribution in [0.2, 0.25) is 0 Å². The molecular formula is C11H13BrN2O3. The van der Waals surface area contributed by atoms with Crippen molar-refractivity contribution in [2.24, 2.45) is 0 Å². The quantitative estimate of drug-likeness (QED) is 0.524. The molecule has 0 amide bonds. The summed E-state index contributed by atoms with van der Waals surface area (Å²) in [6.45, 7) is 6.01. The maximum Gasteiger partial charge on any atom is 0.342 e. The Bertz CT molecular complexity index is 460. The van der Waals surface area contributed by atoms with Gasteiger partial charge >= 0.3 is 5.97 Å². The second-order valence-electron chi connectivity index (χ2n) is 3.10. The second-order valence-corrected chi connectivity index (χ2v) is 3.91. The molecule has 6 heteroatoms. The van der Waals surface area contributed by atoms with E-state index in [1.54, 1.807) is 6.07 Å². The van der Waals surface area contributed by atoms with E-state index < -0.39 is 5.97 Å². The van der Waals surface area contributed by atoms with Crippen molar-refractivity contribution in [3.8, 4) is 0 Å². The third kappa shape index (κ3) is 2.97. The first kappa shape index (κ1) is 13.5. The molecule has 0 saturated carbocycles. The van der Waals surface area contributed by atoms with Gasteiger partial charge in [-0.2, -0.15) is 0 Å². The summed E-state index contributed by atoms with van der Waals surface area (Å²) in [5, 5.41) is 0. The Balaban J connectivity index is 3.35. The summed E-state index contributed by atoms with van der Waals surface area (Å²) in [6, 6.07) is 1.61. The highest BCUT2D eigenvalue weighted by atomic mass is 79.9. The summed E-state index contributed by atoms with van der Waals surface area (Å²) < 4.78 is 10.4. The van der Waals surface area contributed by atoms with Crippen LogP contribution in [0.25, 0.3) is 5.76 Å². The van der Waals surface area contributed by atoms with Crippen molar-refractivity contribution >= 4 is 33.5 Å². The molecule has 0 fully saturated rings. The van der Waals surface area contributed by atoms with Gasteiger partial charge in [-0.1, -0.05) is 6.58 Å². The number of anilines is 1. The number of hydrogen-bond acceptors (Lipinski definition) is 5. The van der Waals surface area contributed by atoms with Gasteiger partial charge in [-0.25, -0.2) is 9.78 Å². The third-order valence-corrected chi connectivity index (χ3v) is 2.43. The summed E-state index contributed by atoms with van der Waals surface area (Å²) >= 11 is 3.20. The van der Waals surface area contributed by atoms with Crippen LogP contribution in [-0.4, -0.2) is 24.7 Å². The summed E-state index contributed by atoms with van der Waals surface area (Å²) in [5.41, 5.74) is 6.33. The first-order valence-electron chi connectivity index (χ1n) is 4.87. The van der Waals surface area contributed by atoms with E-state index in [0.717, 1.165) is 0 Å². The van der Waals surface area contributed by atoms with E-state index in [9.17, 15) is 4.79 Å². The van der Waals surface area contributed by atoms with Crippen LogP contribution in [0.5, 0.6) is 0 Å². The number of nitrogen functional groups attached to an aromatic ring is 1. The molecule has 1 aromatic rings. The Hall–Kier alpha value is -1.56. The van der Waals surface area contributed by atoms with Crippen molar-refractivity contribution in [2.75, 3.05) is 19.5 Å². The highest BCUT2D eigenvalue weighted by molar-refractivity contribution is 9.10. The number of nitrogens with zero attached hydrogens (tertiary/aromatic N) is 1. The predicted molar refractivity (Wildman–Crippen MR) is 68.3 cm³/mol. The Morgan fingerprint density at radius 1 is 1.65 bits per heavy atom. The van der Waals surface area contributed by atoms with Crippen molar-refractivity contribution in [2.45, 2.75) is 6.92 Å². The van der Waals surface area contributed by atoms with Gasteiger partial charge in [-0.3, -0.25) is 0 Å². The fourth-order valence-corrected chi connectivity index (χ4v) is 1.74. The van der Waals surface area contributed by atoms with E-state index in [2.05, 4.69) is 32.2 Å². The molecule has 1 rings (SSSR count). The van der Waals surface area contributed by atoms with Gasteiger partial charge in [0.25, 0.3) is 0 Å². The molecule has 17 heavy (non-hydrogen) atoms. The molecule has 0 atom stereocenters. The SMILES string of the molecule is C=C(OCC)c1cc(Br)nc(N)c1C(=O)OC. The Kier molecular flexibility index (Phi) is 4.51. The topological polar surface area (TPSA) is 74.4 Å². The Labute approximate surface area is 108 Å². The molecule has 0 aliphatic heterocycles. The van der Waals surface area contributed by atoms with Crippen molar-refractivity contribution in [3.05, 3.63) is 28.4 Å². The average molecular weight is 301 g/mol. The smallest absolute Gasteiger partial charge is 0.342 e. The average Bonchev–Trinajstić information content (AvgIpc) is 2.27. The lowest BCUT2D eigenvalue weighted by molar-refractivity contribution is 0.0600. The maximum atomic E-state index is 11.6. The number of rotatable bonds is 4. The van der Waals surface area contributed by atoms with Crippen molar-refractivity contribution in [1.82, 2.24) is 4.98 Å². The van der Waals surface area contributed by atoms with Crippen molar-refractivity contribution in [3.63, 3.8) is 0 Å². The fraction of sp³-hybridized carbons (Fsp3) is 0.273. The summed E-state index contributed by atoms with van der Waals surface area (Å²) in [6.07, 6.45) is 0. The lowest BCUT2D eigenvalue weighted by Crippen LogP contribution is -2.11. The number of methoxy groups -OCH3 is 1. The maximum absolute atomic E-state index is 11.6. The van der Waals surface area contributed by atoms with Crippen LogP contribution in [0.4, 0.5) is 5.82 Å². The summed E-state index contributed by atoms with van der Waals surface area (Å²) in [4.78, 5) is 15.6. The molecule has 0 unspecified atom stereocenters. The van der Waals surface area contributed by atoms with Crippen LogP contribution in [-0.2, 0) is 9.47 Å². The van der Waals surface area contributed by atoms with Gasteiger partial charge in [0.15, 0.2) is 0 Å². The minimum Gasteiger partial charge on any atom is -0.494 e. The molecular weight excluding hydrogens is 288 g/mol. The summed E-state index contributed by atoms with van der Waals surface area (Å²) in [7, 11) is 1.27. The number of hydrogen-bond donors (Lipinski definition) is 1. The number of carbonyl (C=O) groups is 1. The minimum absolute atomic E-state index is 0.0714. The predicted octanol–water partition coefficient (Wildman–Crippen LogP) is 2.22. The number of carbonyl (C=O) groups excluding carboxylic acids is 1. The highest BCUT2D eigenvalue weighted by Gasteiger charge is 2.20. The molecule has 5 nitrogen and oxygen atoms in total. The zero-order valence-corrected chi connectivity index (χ0v) is 11.2. The van der Waals surface area contributed by atoms with Gasteiger partial charge in [-0.15, -0.1) is 0 Å². The van der Waals surface area contributed by atoms with E-state index in [1.165, 1.54) is 7.11 Å². The van der Waals surface area contributed by atoms with Crippen LogP contribution in [0, 0.1) is 0 Å². The first-order chi connectivity index (χ1) is 8.01. The fourth-order valence-electron chi connectivity index (χ4n) is 1.32. The largest absolute Gasteiger partial charge is 0.494 e. The van der Waals surface area contributed by atoms with Gasteiger partial charge < -0.3 is 15.2 Å². The van der Waals surface area contributed by atoms with Crippen LogP contribution < -0.4 is 5.73 Å². The van der Waals surface area contributed by atoms with Crippen LogP contribution >= 0.6 is 15.9 Å². The van der Waals surface area contributed by atoms with Crippen molar-refractivity contribution in [1.29, 1.82) is 0 Å². The number of aromatic nitrogens is 1. The monoisotopic (exact) mass is 300 g/mol. The molecule has 1 aromatic heterocycles. The first-order valence-corrected chi connectivity index (χ1v) is 5.67. The Morgan fingerprint density at radius 3 is 2.82 bits per heavy atom. The number of pyridine rings is 1. The van der Waals surface area contributed by atoms with E-state index in [0.29, 0.717) is 22.5 Å². The number of nitrogens with two attached hydrogens (primary N) is 1. The van der Waals surface area contributed by atoms with Crippen LogP contribution in [0.1, 0.15) is 22.8 Å². The highest BCUT2D eigenvalue weighted by Crippen LogP contribution is 2.26. The van der Waals surface area contributed by atoms with Gasteiger partial charge in [-0.05, 0) is 28.9 Å². The van der Waals surface area contributed by atoms with Gasteiger partial charge in [0.2, 0.25) is 0 Å². The van der Waals surface area contributed by atoms with Crippen LogP contribution in [0.15, 0.2) is 17.2 Å². The van der Waals surface area contributed by atoms with E-state index in [1.807, 2.05) is 6.92 Å². The van der Waals surface area contributed by atoms with E-state index in [-0.39, 0.29) is 11.4 Å². The molecule has 0 bridgehead atoms. The lowest BCUT2D eigenvalue weighted by atomic mass is 10.1. The minimum atomic E-state index is -0.571. The lowest BCUT2D eigenvalue weighted by Gasteiger charge is -2.13. The molecule has 0 aromatic carbocycles. The standard InChI is InChI=1S/C11H13BrN2O3/c1-4-17-6(2)7-5-8(12)14-10(13)9(7)11(15)16-3/h5H,2,4H2,1,3H3,(H2,13,14). The molecule has 92 valence electrons. The molecule has 0 aliphatic carbocycles. The summed E-state index contributed by atoms with van der Waals surface area (Å²) in [5.74, 6) is -0.150.